The Kier molecular flexibility index (Phi) is 8.06. The van der Waals surface area contributed by atoms with Crippen LogP contribution in [0.5, 0.6) is 11.5 Å². The molecule has 0 radical (unpaired) electrons. The van der Waals surface area contributed by atoms with Crippen LogP contribution < -0.4 is 14.8 Å². The fourth-order valence-electron chi connectivity index (χ4n) is 2.18. The minimum Gasteiger partial charge on any atom is -0.494 e. The van der Waals surface area contributed by atoms with Crippen LogP contribution in [0.3, 0.4) is 0 Å². The van der Waals surface area contributed by atoms with Crippen LogP contribution in [0.2, 0.25) is 0 Å². The highest BCUT2D eigenvalue weighted by Gasteiger charge is 2.22. The van der Waals surface area contributed by atoms with Crippen LogP contribution in [-0.4, -0.2) is 36.9 Å². The van der Waals surface area contributed by atoms with E-state index in [0.29, 0.717) is 18.1 Å². The maximum atomic E-state index is 12.2. The van der Waals surface area contributed by atoms with Crippen LogP contribution in [0, 0.1) is 0 Å². The third-order valence-electron chi connectivity index (χ3n) is 3.46. The molecule has 7 nitrogen and oxygen atoms in total. The summed E-state index contributed by atoms with van der Waals surface area (Å²) >= 11 is 4.06. The minimum absolute atomic E-state index is 0.0800. The second-order valence-corrected chi connectivity index (χ2v) is 5.78. The van der Waals surface area contributed by atoms with Gasteiger partial charge in [0.1, 0.15) is 29.9 Å². The average Bonchev–Trinajstić information content (AvgIpc) is 3.15. The van der Waals surface area contributed by atoms with Crippen molar-refractivity contribution in [2.45, 2.75) is 26.5 Å². The number of carbonyl (C=O) groups is 2. The predicted octanol–water partition coefficient (Wildman–Crippen LogP) is 2.85. The van der Waals surface area contributed by atoms with Crippen molar-refractivity contribution < 1.29 is 28.2 Å². The van der Waals surface area contributed by atoms with Crippen molar-refractivity contribution in [3.8, 4) is 11.5 Å². The number of nitrogens with one attached hydrogen (secondary N) is 1. The van der Waals surface area contributed by atoms with E-state index in [1.807, 2.05) is 19.1 Å². The lowest BCUT2D eigenvalue weighted by atomic mass is 10.3. The van der Waals surface area contributed by atoms with E-state index in [2.05, 4.69) is 17.9 Å². The molecule has 0 aliphatic rings. The largest absolute Gasteiger partial charge is 0.494 e. The molecule has 1 N–H and O–H groups in total. The van der Waals surface area contributed by atoms with Gasteiger partial charge in [-0.25, -0.2) is 4.79 Å². The Labute approximate surface area is 163 Å². The molecule has 1 atom stereocenters. The Bertz CT molecular complexity index is 743. The summed E-state index contributed by atoms with van der Waals surface area (Å²) < 4.78 is 21.4. The third kappa shape index (κ3) is 6.25. The number of benzene rings is 1. The van der Waals surface area contributed by atoms with Gasteiger partial charge in [-0.2, -0.15) is 12.6 Å². The highest BCUT2D eigenvalue weighted by molar-refractivity contribution is 7.80. The number of hydrogen-bond donors (Lipinski definition) is 2. The smallest absolute Gasteiger partial charge is 0.329 e. The number of hydrogen-bond acceptors (Lipinski definition) is 7. The second-order valence-electron chi connectivity index (χ2n) is 5.42. The van der Waals surface area contributed by atoms with Gasteiger partial charge in [-0.15, -0.1) is 0 Å². The fourth-order valence-corrected chi connectivity index (χ4v) is 2.42. The van der Waals surface area contributed by atoms with Crippen LogP contribution in [-0.2, 0) is 16.1 Å². The Balaban J connectivity index is 1.89. The summed E-state index contributed by atoms with van der Waals surface area (Å²) in [5, 5.41) is 2.53. The fraction of sp³-hybridized carbons (Fsp3) is 0.368. The number of furan rings is 1. The van der Waals surface area contributed by atoms with Crippen molar-refractivity contribution in [1.29, 1.82) is 0 Å². The lowest BCUT2D eigenvalue weighted by molar-refractivity contribution is -0.144. The molecule has 0 aliphatic carbocycles. The van der Waals surface area contributed by atoms with Crippen molar-refractivity contribution in [1.82, 2.24) is 5.32 Å². The molecule has 2 aromatic rings. The number of amides is 1. The van der Waals surface area contributed by atoms with Gasteiger partial charge in [-0.05, 0) is 50.2 Å². The first-order chi connectivity index (χ1) is 13.1. The van der Waals surface area contributed by atoms with Crippen LogP contribution in [0.1, 0.15) is 30.2 Å². The van der Waals surface area contributed by atoms with Crippen molar-refractivity contribution >= 4 is 24.5 Å². The molecule has 8 heteroatoms. The van der Waals surface area contributed by atoms with Crippen LogP contribution in [0.25, 0.3) is 0 Å². The molecule has 1 amide bonds. The van der Waals surface area contributed by atoms with E-state index in [0.717, 1.165) is 5.75 Å². The molecule has 146 valence electrons. The molecule has 1 aromatic carbocycles. The highest BCUT2D eigenvalue weighted by atomic mass is 32.1. The number of thiol groups is 1. The van der Waals surface area contributed by atoms with Crippen molar-refractivity contribution in [2.24, 2.45) is 0 Å². The Hall–Kier alpha value is -2.61. The van der Waals surface area contributed by atoms with Crippen molar-refractivity contribution in [2.75, 3.05) is 19.0 Å². The first kappa shape index (κ1) is 20.7. The molecule has 0 saturated heterocycles. The molecular weight excluding hydrogens is 370 g/mol. The summed E-state index contributed by atoms with van der Waals surface area (Å²) in [5.74, 6) is 1.05. The van der Waals surface area contributed by atoms with Gasteiger partial charge >= 0.3 is 5.97 Å². The summed E-state index contributed by atoms with van der Waals surface area (Å²) in [5.41, 5.74) is 0. The van der Waals surface area contributed by atoms with Gasteiger partial charge < -0.3 is 23.9 Å². The third-order valence-corrected chi connectivity index (χ3v) is 3.83. The zero-order chi connectivity index (χ0) is 19.6. The first-order valence-corrected chi connectivity index (χ1v) is 9.23. The molecule has 1 aromatic heterocycles. The molecular formula is C19H23NO6S. The van der Waals surface area contributed by atoms with E-state index in [1.165, 1.54) is 6.07 Å². The van der Waals surface area contributed by atoms with Gasteiger partial charge in [-0.3, -0.25) is 4.79 Å². The molecule has 1 heterocycles. The normalized spacial score (nSPS) is 11.5. The van der Waals surface area contributed by atoms with Gasteiger partial charge in [0.25, 0.3) is 5.91 Å². The predicted molar refractivity (Wildman–Crippen MR) is 102 cm³/mol. The monoisotopic (exact) mass is 393 g/mol. The van der Waals surface area contributed by atoms with E-state index < -0.39 is 17.9 Å². The quantitative estimate of drug-likeness (QED) is 0.477. The maximum absolute atomic E-state index is 12.2. The van der Waals surface area contributed by atoms with Gasteiger partial charge in [0.05, 0.1) is 13.2 Å². The number of esters is 1. The summed E-state index contributed by atoms with van der Waals surface area (Å²) in [4.78, 5) is 23.9. The molecule has 0 spiro atoms. The van der Waals surface area contributed by atoms with E-state index in [4.69, 9.17) is 18.6 Å². The molecule has 0 fully saturated rings. The van der Waals surface area contributed by atoms with E-state index >= 15 is 0 Å². The number of carbonyl (C=O) groups excluding carboxylic acids is 2. The van der Waals surface area contributed by atoms with Crippen LogP contribution >= 0.6 is 12.6 Å². The summed E-state index contributed by atoms with van der Waals surface area (Å²) in [7, 11) is 0. The van der Waals surface area contributed by atoms with Crippen LogP contribution in [0.4, 0.5) is 0 Å². The first-order valence-electron chi connectivity index (χ1n) is 8.60. The second kappa shape index (κ2) is 10.5. The molecule has 0 saturated carbocycles. The Morgan fingerprint density at radius 2 is 1.70 bits per heavy atom. The molecule has 0 aliphatic heterocycles. The average molecular weight is 393 g/mol. The number of rotatable bonds is 10. The zero-order valence-electron chi connectivity index (χ0n) is 15.3. The molecule has 27 heavy (non-hydrogen) atoms. The van der Waals surface area contributed by atoms with E-state index in [1.54, 1.807) is 25.1 Å². The topological polar surface area (TPSA) is 87.0 Å². The highest BCUT2D eigenvalue weighted by Crippen LogP contribution is 2.19. The maximum Gasteiger partial charge on any atom is 0.329 e. The van der Waals surface area contributed by atoms with Gasteiger partial charge in [0.2, 0.25) is 0 Å². The van der Waals surface area contributed by atoms with Gasteiger partial charge in [0, 0.05) is 5.75 Å². The SMILES string of the molecule is CCOC(=O)[C@H](CS)NC(=O)c1ccc(COc2ccc(OCC)cc2)o1. The molecule has 2 rings (SSSR count). The van der Waals surface area contributed by atoms with Gasteiger partial charge in [0.15, 0.2) is 5.76 Å². The Morgan fingerprint density at radius 1 is 1.04 bits per heavy atom. The Morgan fingerprint density at radius 3 is 2.30 bits per heavy atom. The summed E-state index contributed by atoms with van der Waals surface area (Å²) in [6.07, 6.45) is 0. The van der Waals surface area contributed by atoms with Gasteiger partial charge in [-0.1, -0.05) is 0 Å². The van der Waals surface area contributed by atoms with E-state index in [-0.39, 0.29) is 24.7 Å². The molecule has 0 bridgehead atoms. The lowest BCUT2D eigenvalue weighted by Crippen LogP contribution is -2.43. The van der Waals surface area contributed by atoms with E-state index in [9.17, 15) is 9.59 Å². The van der Waals surface area contributed by atoms with Crippen molar-refractivity contribution in [3.05, 3.63) is 47.9 Å². The molecule has 0 unspecified atom stereocenters. The standard InChI is InChI=1S/C19H23NO6S/c1-3-23-13-5-7-14(8-6-13)25-11-15-9-10-17(26-15)18(21)20-16(12-27)19(22)24-4-2/h5-10,16,27H,3-4,11-12H2,1-2H3,(H,20,21)/t16-/m0/s1. The number of ether oxygens (including phenoxy) is 3. The lowest BCUT2D eigenvalue weighted by Gasteiger charge is -2.13. The summed E-state index contributed by atoms with van der Waals surface area (Å²) in [6.45, 7) is 4.60. The zero-order valence-corrected chi connectivity index (χ0v) is 16.2. The van der Waals surface area contributed by atoms with Crippen LogP contribution in [0.15, 0.2) is 40.8 Å². The minimum atomic E-state index is -0.838. The van der Waals surface area contributed by atoms with Crippen molar-refractivity contribution in [3.63, 3.8) is 0 Å². The summed E-state index contributed by atoms with van der Waals surface area (Å²) in [6, 6.07) is 9.53.